The van der Waals surface area contributed by atoms with Crippen molar-refractivity contribution in [2.75, 3.05) is 0 Å². The summed E-state index contributed by atoms with van der Waals surface area (Å²) in [5.74, 6) is 0.992. The van der Waals surface area contributed by atoms with E-state index in [1.807, 2.05) is 30.3 Å². The van der Waals surface area contributed by atoms with E-state index in [9.17, 15) is 14.6 Å². The van der Waals surface area contributed by atoms with Gasteiger partial charge in [0.2, 0.25) is 0 Å². The molecule has 3 N–H and O–H groups in total. The molecule has 1 aliphatic heterocycles. The molecule has 2 aliphatic carbocycles. The van der Waals surface area contributed by atoms with Crippen LogP contribution in [0.4, 0.5) is 8.78 Å². The minimum atomic E-state index is -1.40. The first-order chi connectivity index (χ1) is 16.4. The first-order valence-electron chi connectivity index (χ1n) is 11.4. The van der Waals surface area contributed by atoms with Gasteiger partial charge in [-0.3, -0.25) is 0 Å². The predicted octanol–water partition coefficient (Wildman–Crippen LogP) is 4.32. The summed E-state index contributed by atoms with van der Waals surface area (Å²) in [5, 5.41) is 21.9. The number of nitrogens with one attached hydrogen (secondary N) is 1. The number of hydrogen-bond donors (Lipinski definition) is 3. The molecular weight excluding hydrogens is 438 g/mol. The second-order valence-electron chi connectivity index (χ2n) is 8.81. The lowest BCUT2D eigenvalue weighted by molar-refractivity contribution is -0.104. The highest BCUT2D eigenvalue weighted by atomic mass is 19.1. The molecule has 3 aliphatic rings. The Morgan fingerprint density at radius 2 is 2.00 bits per heavy atom. The number of benzene rings is 1. The number of nitrogens with zero attached hydrogens (tertiary/aromatic N) is 1. The van der Waals surface area contributed by atoms with Crippen molar-refractivity contribution in [3.63, 3.8) is 0 Å². The topological polar surface area (TPSA) is 74.1 Å². The zero-order valence-electron chi connectivity index (χ0n) is 18.9. The first kappa shape index (κ1) is 23.9. The lowest BCUT2D eigenvalue weighted by Gasteiger charge is -2.30. The van der Waals surface area contributed by atoms with E-state index in [4.69, 9.17) is 11.2 Å². The fraction of sp³-hybridized carbons (Fsp3) is 0.370. The van der Waals surface area contributed by atoms with Crippen molar-refractivity contribution in [2.24, 2.45) is 10.9 Å². The Hall–Kier alpha value is -3.21. The number of aliphatic hydroxyl groups is 2. The van der Waals surface area contributed by atoms with Crippen LogP contribution in [0.3, 0.4) is 0 Å². The molecule has 1 fully saturated rings. The third-order valence-corrected chi connectivity index (χ3v) is 6.45. The van der Waals surface area contributed by atoms with Crippen molar-refractivity contribution in [2.45, 2.75) is 57.1 Å². The van der Waals surface area contributed by atoms with Crippen LogP contribution in [0.5, 0.6) is 0 Å². The number of rotatable bonds is 5. The second kappa shape index (κ2) is 10.4. The monoisotopic (exact) mass is 466 g/mol. The van der Waals surface area contributed by atoms with Crippen molar-refractivity contribution in [1.29, 1.82) is 0 Å². The molecule has 1 saturated carbocycles. The van der Waals surface area contributed by atoms with Crippen molar-refractivity contribution in [3.05, 3.63) is 76.9 Å². The van der Waals surface area contributed by atoms with Gasteiger partial charge < -0.3 is 20.3 Å². The fourth-order valence-electron chi connectivity index (χ4n) is 4.61. The number of halogens is 2. The van der Waals surface area contributed by atoms with Crippen molar-refractivity contribution in [3.8, 4) is 12.3 Å². The van der Waals surface area contributed by atoms with E-state index >= 15 is 4.39 Å². The first-order valence-corrected chi connectivity index (χ1v) is 11.4. The molecule has 1 aromatic rings. The third kappa shape index (κ3) is 5.14. The third-order valence-electron chi connectivity index (χ3n) is 6.45. The molecule has 4 rings (SSSR count). The van der Waals surface area contributed by atoms with Crippen molar-refractivity contribution < 1.29 is 23.7 Å². The fourth-order valence-corrected chi connectivity index (χ4v) is 4.61. The largest absolute Gasteiger partial charge is 0.462 e. The lowest BCUT2D eigenvalue weighted by Crippen LogP contribution is -2.39. The molecule has 4 unspecified atom stereocenters. The second-order valence-corrected chi connectivity index (χ2v) is 8.81. The Balaban J connectivity index is 1.52. The molecule has 0 radical (unpaired) electrons. The summed E-state index contributed by atoms with van der Waals surface area (Å²) in [7, 11) is 0. The quantitative estimate of drug-likeness (QED) is 0.343. The van der Waals surface area contributed by atoms with Gasteiger partial charge in [0.1, 0.15) is 23.8 Å². The number of amidine groups is 1. The van der Waals surface area contributed by atoms with Crippen LogP contribution < -0.4 is 5.32 Å². The summed E-state index contributed by atoms with van der Waals surface area (Å²) < 4.78 is 36.2. The van der Waals surface area contributed by atoms with Crippen LogP contribution in [-0.2, 0) is 4.74 Å². The zero-order valence-corrected chi connectivity index (χ0v) is 18.9. The molecule has 0 bridgehead atoms. The summed E-state index contributed by atoms with van der Waals surface area (Å²) in [4.78, 5) is 4.32. The molecule has 1 heterocycles. The van der Waals surface area contributed by atoms with E-state index in [-0.39, 0.29) is 23.6 Å². The summed E-state index contributed by atoms with van der Waals surface area (Å²) in [5.41, 5.74) is 1.71. The maximum atomic E-state index is 15.4. The Morgan fingerprint density at radius 3 is 2.71 bits per heavy atom. The van der Waals surface area contributed by atoms with E-state index < -0.39 is 30.0 Å². The van der Waals surface area contributed by atoms with Gasteiger partial charge in [-0.25, -0.2) is 13.8 Å². The summed E-state index contributed by atoms with van der Waals surface area (Å²) in [6, 6.07) is 7.90. The number of hydrogen-bond acceptors (Lipinski definition) is 5. The number of terminal acetylenes is 1. The van der Waals surface area contributed by atoms with Crippen LogP contribution in [0.15, 0.2) is 76.4 Å². The SMILES string of the molecule is C#CC(=CC=C(C)C1=C(F)C2N=C(OC3CCCC(C(O)O)C3)NC2C=C1F)c1ccccc1. The number of fused-ring (bicyclic) bond motifs is 1. The van der Waals surface area contributed by atoms with Crippen molar-refractivity contribution >= 4 is 11.6 Å². The molecule has 34 heavy (non-hydrogen) atoms. The summed E-state index contributed by atoms with van der Waals surface area (Å²) >= 11 is 0. The summed E-state index contributed by atoms with van der Waals surface area (Å²) in [6.07, 6.45) is 11.3. The molecule has 0 aromatic heterocycles. The Bertz CT molecular complexity index is 1110. The zero-order chi connectivity index (χ0) is 24.2. The van der Waals surface area contributed by atoms with Gasteiger partial charge in [-0.05, 0) is 55.9 Å². The molecule has 178 valence electrons. The van der Waals surface area contributed by atoms with Crippen LogP contribution in [0.1, 0.15) is 38.2 Å². The average Bonchev–Trinajstić information content (AvgIpc) is 3.22. The molecule has 1 aromatic carbocycles. The highest BCUT2D eigenvalue weighted by molar-refractivity contribution is 5.80. The van der Waals surface area contributed by atoms with Gasteiger partial charge in [-0.2, -0.15) is 0 Å². The van der Waals surface area contributed by atoms with E-state index in [0.717, 1.165) is 18.4 Å². The van der Waals surface area contributed by atoms with Crippen LogP contribution in [0.2, 0.25) is 0 Å². The Kier molecular flexibility index (Phi) is 7.30. The van der Waals surface area contributed by atoms with E-state index in [0.29, 0.717) is 24.0 Å². The number of aliphatic hydroxyl groups excluding tert-OH is 1. The highest BCUT2D eigenvalue weighted by Gasteiger charge is 2.39. The van der Waals surface area contributed by atoms with Crippen LogP contribution in [0.25, 0.3) is 5.57 Å². The highest BCUT2D eigenvalue weighted by Crippen LogP contribution is 2.36. The Morgan fingerprint density at radius 1 is 1.24 bits per heavy atom. The van der Waals surface area contributed by atoms with Gasteiger partial charge in [-0.1, -0.05) is 42.3 Å². The Labute approximate surface area is 198 Å². The van der Waals surface area contributed by atoms with Crippen LogP contribution in [0, 0.1) is 18.3 Å². The van der Waals surface area contributed by atoms with E-state index in [2.05, 4.69) is 16.2 Å². The van der Waals surface area contributed by atoms with E-state index in [1.54, 1.807) is 19.1 Å². The summed E-state index contributed by atoms with van der Waals surface area (Å²) in [6.45, 7) is 1.63. The maximum Gasteiger partial charge on any atom is 0.286 e. The van der Waals surface area contributed by atoms with Gasteiger partial charge in [0.05, 0.1) is 6.04 Å². The number of ether oxygens (including phenoxy) is 1. The smallest absolute Gasteiger partial charge is 0.286 e. The number of aliphatic imine (C=N–C) groups is 1. The standard InChI is InChI=1S/C27H28F2N2O3/c1-3-17(18-8-5-4-6-9-18)13-12-16(2)23-21(28)15-22-25(24(23)29)31-27(30-22)34-20-11-7-10-19(14-20)26(32)33/h1,4-6,8-9,12-13,15,19-20,22,25-26,32-33H,7,10-11,14H2,2H3,(H,30,31). The molecule has 0 saturated heterocycles. The van der Waals surface area contributed by atoms with Crippen molar-refractivity contribution in [1.82, 2.24) is 5.32 Å². The maximum absolute atomic E-state index is 15.4. The molecule has 0 amide bonds. The van der Waals surface area contributed by atoms with E-state index in [1.165, 1.54) is 6.08 Å². The van der Waals surface area contributed by atoms with Gasteiger partial charge in [0.25, 0.3) is 6.02 Å². The molecule has 5 nitrogen and oxygen atoms in total. The molecule has 0 spiro atoms. The van der Waals surface area contributed by atoms with Crippen LogP contribution in [-0.4, -0.2) is 40.7 Å². The van der Waals surface area contributed by atoms with Gasteiger partial charge in [0.15, 0.2) is 6.29 Å². The van der Waals surface area contributed by atoms with Gasteiger partial charge in [-0.15, -0.1) is 6.42 Å². The minimum absolute atomic E-state index is 0.130. The molecule has 7 heteroatoms. The normalized spacial score (nSPS) is 27.6. The minimum Gasteiger partial charge on any atom is -0.462 e. The molecular formula is C27H28F2N2O3. The van der Waals surface area contributed by atoms with Crippen LogP contribution >= 0.6 is 0 Å². The predicted molar refractivity (Wildman–Crippen MR) is 128 cm³/mol. The van der Waals surface area contributed by atoms with Gasteiger partial charge in [0, 0.05) is 17.1 Å². The molecule has 4 atom stereocenters. The average molecular weight is 467 g/mol. The lowest BCUT2D eigenvalue weighted by atomic mass is 9.87. The van der Waals surface area contributed by atoms with Gasteiger partial charge >= 0.3 is 0 Å². The number of allylic oxidation sites excluding steroid dienone is 6.